The summed E-state index contributed by atoms with van der Waals surface area (Å²) in [5.74, 6) is -2.94. The molecule has 0 unspecified atom stereocenters. The topological polar surface area (TPSA) is 138 Å². The molecule has 0 bridgehead atoms. The van der Waals surface area contributed by atoms with Gasteiger partial charge in [0, 0.05) is 11.6 Å². The number of rotatable bonds is 7. The average Bonchev–Trinajstić information content (AvgIpc) is 3.08. The third kappa shape index (κ3) is 4.71. The number of anilines is 1. The highest BCUT2D eigenvalue weighted by Crippen LogP contribution is 2.33. The van der Waals surface area contributed by atoms with E-state index < -0.39 is 30.4 Å². The first kappa shape index (κ1) is 23.2. The van der Waals surface area contributed by atoms with Crippen LogP contribution in [0.3, 0.4) is 0 Å². The maximum atomic E-state index is 12.5. The minimum atomic E-state index is -0.772. The van der Waals surface area contributed by atoms with Crippen LogP contribution in [0.2, 0.25) is 5.02 Å². The number of thiophene rings is 1. The number of amides is 2. The van der Waals surface area contributed by atoms with Gasteiger partial charge in [0.05, 0.1) is 33.2 Å². The van der Waals surface area contributed by atoms with Gasteiger partial charge in [-0.1, -0.05) is 11.6 Å². The fourth-order valence-electron chi connectivity index (χ4n) is 2.96. The van der Waals surface area contributed by atoms with E-state index in [1.165, 1.54) is 25.3 Å². The monoisotopic (exact) mass is 475 g/mol. The molecule has 166 valence electrons. The van der Waals surface area contributed by atoms with E-state index in [1.54, 1.807) is 19.1 Å². The van der Waals surface area contributed by atoms with Crippen LogP contribution < -0.4 is 11.1 Å². The van der Waals surface area contributed by atoms with Crippen molar-refractivity contribution in [1.29, 1.82) is 0 Å². The number of nitrogens with two attached hydrogens (primary N) is 1. The standard InChI is InChI=1S/C21H18ClN3O6S/c1-3-30-21(29)15-10(2)17(18(23)27)32-19(15)25-14(26)9-31-20(28)12-6-7-13(22)11-5-4-8-24-16(11)12/h4-8H,3,9H2,1-2H3,(H2,23,27)(H,25,26). The summed E-state index contributed by atoms with van der Waals surface area (Å²) in [7, 11) is 0. The molecule has 0 spiro atoms. The molecule has 3 aromatic rings. The van der Waals surface area contributed by atoms with Gasteiger partial charge >= 0.3 is 11.9 Å². The van der Waals surface area contributed by atoms with Crippen LogP contribution in [0.15, 0.2) is 30.5 Å². The molecule has 3 N–H and O–H groups in total. The molecule has 0 aliphatic rings. The first-order chi connectivity index (χ1) is 15.2. The van der Waals surface area contributed by atoms with Crippen molar-refractivity contribution in [3.8, 4) is 0 Å². The molecule has 1 aromatic carbocycles. The summed E-state index contributed by atoms with van der Waals surface area (Å²) >= 11 is 6.96. The minimum absolute atomic E-state index is 0.0261. The van der Waals surface area contributed by atoms with Gasteiger partial charge in [-0.3, -0.25) is 14.6 Å². The van der Waals surface area contributed by atoms with Gasteiger partial charge in [0.1, 0.15) is 5.00 Å². The Hall–Kier alpha value is -3.50. The Morgan fingerprint density at radius 2 is 1.91 bits per heavy atom. The zero-order valence-corrected chi connectivity index (χ0v) is 18.6. The van der Waals surface area contributed by atoms with Gasteiger partial charge in [-0.05, 0) is 43.7 Å². The normalized spacial score (nSPS) is 10.6. The number of aromatic nitrogens is 1. The number of ether oxygens (including phenoxy) is 2. The number of halogens is 1. The number of primary amides is 1. The highest BCUT2D eigenvalue weighted by molar-refractivity contribution is 7.18. The lowest BCUT2D eigenvalue weighted by molar-refractivity contribution is -0.119. The van der Waals surface area contributed by atoms with Gasteiger partial charge in [-0.25, -0.2) is 9.59 Å². The molecule has 0 saturated carbocycles. The molecule has 0 atom stereocenters. The van der Waals surface area contributed by atoms with Gasteiger partial charge in [0.25, 0.3) is 11.8 Å². The van der Waals surface area contributed by atoms with Crippen LogP contribution in [-0.2, 0) is 14.3 Å². The third-order valence-corrected chi connectivity index (χ3v) is 5.93. The number of esters is 2. The fraction of sp³-hybridized carbons (Fsp3) is 0.190. The maximum absolute atomic E-state index is 12.5. The summed E-state index contributed by atoms with van der Waals surface area (Å²) in [5.41, 5.74) is 6.16. The summed E-state index contributed by atoms with van der Waals surface area (Å²) in [5, 5.41) is 3.55. The molecular formula is C21H18ClN3O6S. The van der Waals surface area contributed by atoms with Crippen LogP contribution in [0.1, 0.15) is 42.9 Å². The molecule has 9 nitrogen and oxygen atoms in total. The summed E-state index contributed by atoms with van der Waals surface area (Å²) in [6.45, 7) is 2.62. The van der Waals surface area contributed by atoms with Crippen molar-refractivity contribution in [3.05, 3.63) is 57.1 Å². The average molecular weight is 476 g/mol. The van der Waals surface area contributed by atoms with E-state index in [4.69, 9.17) is 26.8 Å². The number of fused-ring (bicyclic) bond motifs is 1. The molecule has 2 amide bonds. The predicted octanol–water partition coefficient (Wildman–Crippen LogP) is 3.33. The second-order valence-electron chi connectivity index (χ2n) is 6.46. The Labute approximate surface area is 191 Å². The number of nitrogens with one attached hydrogen (secondary N) is 1. The first-order valence-electron chi connectivity index (χ1n) is 9.35. The van der Waals surface area contributed by atoms with Crippen LogP contribution in [0.25, 0.3) is 10.9 Å². The number of pyridine rings is 1. The van der Waals surface area contributed by atoms with Gasteiger partial charge in [-0.15, -0.1) is 11.3 Å². The lowest BCUT2D eigenvalue weighted by atomic mass is 10.1. The molecule has 0 aliphatic heterocycles. The van der Waals surface area contributed by atoms with E-state index in [-0.39, 0.29) is 27.6 Å². The number of benzene rings is 1. The van der Waals surface area contributed by atoms with Gasteiger partial charge in [-0.2, -0.15) is 0 Å². The molecule has 0 saturated heterocycles. The Morgan fingerprint density at radius 1 is 1.16 bits per heavy atom. The molecule has 0 aliphatic carbocycles. The van der Waals surface area contributed by atoms with Crippen molar-refractivity contribution in [1.82, 2.24) is 4.98 Å². The van der Waals surface area contributed by atoms with E-state index in [0.717, 1.165) is 11.3 Å². The highest BCUT2D eigenvalue weighted by Gasteiger charge is 2.26. The highest BCUT2D eigenvalue weighted by atomic mass is 35.5. The summed E-state index contributed by atoms with van der Waals surface area (Å²) in [4.78, 5) is 53.1. The molecule has 0 radical (unpaired) electrons. The molecule has 2 aromatic heterocycles. The smallest absolute Gasteiger partial charge is 0.341 e. The van der Waals surface area contributed by atoms with Crippen LogP contribution >= 0.6 is 22.9 Å². The van der Waals surface area contributed by atoms with Crippen LogP contribution in [0.5, 0.6) is 0 Å². The van der Waals surface area contributed by atoms with Crippen LogP contribution in [0.4, 0.5) is 5.00 Å². The fourth-order valence-corrected chi connectivity index (χ4v) is 4.24. The minimum Gasteiger partial charge on any atom is -0.462 e. The van der Waals surface area contributed by atoms with Crippen molar-refractivity contribution >= 4 is 62.6 Å². The molecule has 3 rings (SSSR count). The number of hydrogen-bond acceptors (Lipinski definition) is 8. The van der Waals surface area contributed by atoms with E-state index in [1.807, 2.05) is 0 Å². The quantitative estimate of drug-likeness (QED) is 0.500. The van der Waals surface area contributed by atoms with E-state index in [2.05, 4.69) is 10.3 Å². The van der Waals surface area contributed by atoms with Crippen molar-refractivity contribution < 1.29 is 28.7 Å². The Kier molecular flexibility index (Phi) is 7.06. The molecule has 2 heterocycles. The number of hydrogen-bond donors (Lipinski definition) is 2. The summed E-state index contributed by atoms with van der Waals surface area (Å²) in [6.07, 6.45) is 1.51. The van der Waals surface area contributed by atoms with Crippen LogP contribution in [-0.4, -0.2) is 42.0 Å². The Bertz CT molecular complexity index is 1240. The lowest BCUT2D eigenvalue weighted by Crippen LogP contribution is -2.22. The molecule has 11 heteroatoms. The van der Waals surface area contributed by atoms with Crippen molar-refractivity contribution in [2.24, 2.45) is 5.73 Å². The SMILES string of the molecule is CCOC(=O)c1c(NC(=O)COC(=O)c2ccc(Cl)c3cccnc23)sc(C(N)=O)c1C. The number of carbonyl (C=O) groups excluding carboxylic acids is 4. The van der Waals surface area contributed by atoms with Crippen LogP contribution in [0, 0.1) is 6.92 Å². The molecule has 32 heavy (non-hydrogen) atoms. The number of carbonyl (C=O) groups is 4. The van der Waals surface area contributed by atoms with Gasteiger partial charge in [0.15, 0.2) is 6.61 Å². The van der Waals surface area contributed by atoms with Crippen molar-refractivity contribution in [2.45, 2.75) is 13.8 Å². The van der Waals surface area contributed by atoms with Crippen molar-refractivity contribution in [3.63, 3.8) is 0 Å². The second kappa shape index (κ2) is 9.75. The Morgan fingerprint density at radius 3 is 2.59 bits per heavy atom. The van der Waals surface area contributed by atoms with E-state index >= 15 is 0 Å². The zero-order chi connectivity index (χ0) is 23.4. The zero-order valence-electron chi connectivity index (χ0n) is 17.1. The largest absolute Gasteiger partial charge is 0.462 e. The lowest BCUT2D eigenvalue weighted by Gasteiger charge is -2.09. The number of nitrogens with zero attached hydrogens (tertiary/aromatic N) is 1. The second-order valence-corrected chi connectivity index (χ2v) is 7.89. The summed E-state index contributed by atoms with van der Waals surface area (Å²) < 4.78 is 10.1. The maximum Gasteiger partial charge on any atom is 0.341 e. The predicted molar refractivity (Wildman–Crippen MR) is 119 cm³/mol. The van der Waals surface area contributed by atoms with Gasteiger partial charge < -0.3 is 20.5 Å². The third-order valence-electron chi connectivity index (χ3n) is 4.37. The summed E-state index contributed by atoms with van der Waals surface area (Å²) in [6, 6.07) is 6.38. The van der Waals surface area contributed by atoms with E-state index in [0.29, 0.717) is 21.5 Å². The Balaban J connectivity index is 1.76. The van der Waals surface area contributed by atoms with Gasteiger partial charge in [0.2, 0.25) is 0 Å². The first-order valence-corrected chi connectivity index (χ1v) is 10.5. The molecular weight excluding hydrogens is 458 g/mol. The van der Waals surface area contributed by atoms with Crippen molar-refractivity contribution in [2.75, 3.05) is 18.5 Å². The molecule has 0 fully saturated rings. The van der Waals surface area contributed by atoms with E-state index in [9.17, 15) is 19.2 Å².